The number of aryl methyl sites for hydroxylation is 2. The van der Waals surface area contributed by atoms with E-state index in [0.717, 1.165) is 17.2 Å². The number of hydrogen-bond donors (Lipinski definition) is 1. The fraction of sp³-hybridized carbons (Fsp3) is 0.615. The smallest absolute Gasteiger partial charge is 0.164 e. The predicted octanol–water partition coefficient (Wildman–Crippen LogP) is 1.91. The van der Waals surface area contributed by atoms with Crippen LogP contribution in [-0.4, -0.2) is 30.1 Å². The van der Waals surface area contributed by atoms with Crippen molar-refractivity contribution in [2.24, 2.45) is 7.05 Å². The van der Waals surface area contributed by atoms with Crippen molar-refractivity contribution in [2.75, 3.05) is 0 Å². The molecule has 2 heterocycles. The number of nitrogens with zero attached hydrogens (tertiary/aromatic N) is 5. The minimum Gasteiger partial charge on any atom is -0.305 e. The topological polar surface area (TPSA) is 60.6 Å². The molecule has 0 aliphatic heterocycles. The van der Waals surface area contributed by atoms with Crippen molar-refractivity contribution in [2.45, 2.75) is 46.3 Å². The van der Waals surface area contributed by atoms with Crippen LogP contribution in [0.5, 0.6) is 0 Å². The second-order valence-corrected chi connectivity index (χ2v) is 6.31. The van der Waals surface area contributed by atoms with Crippen molar-refractivity contribution in [1.82, 2.24) is 29.9 Å². The van der Waals surface area contributed by atoms with Gasteiger partial charge in [0.25, 0.3) is 0 Å². The largest absolute Gasteiger partial charge is 0.305 e. The Kier molecular flexibility index (Phi) is 4.15. The van der Waals surface area contributed by atoms with Crippen molar-refractivity contribution in [1.29, 1.82) is 0 Å². The second kappa shape index (κ2) is 5.54. The summed E-state index contributed by atoms with van der Waals surface area (Å²) in [6.07, 6.45) is 1.72. The third-order valence-corrected chi connectivity index (χ3v) is 3.43. The molecule has 0 radical (unpaired) electrons. The van der Waals surface area contributed by atoms with Crippen LogP contribution in [0.2, 0.25) is 5.02 Å². The average Bonchev–Trinajstić information content (AvgIpc) is 2.87. The van der Waals surface area contributed by atoms with Crippen LogP contribution in [-0.2, 0) is 20.1 Å². The zero-order chi connectivity index (χ0) is 14.9. The maximum absolute atomic E-state index is 6.23. The van der Waals surface area contributed by atoms with E-state index in [2.05, 4.69) is 41.3 Å². The first-order valence-corrected chi connectivity index (χ1v) is 6.95. The van der Waals surface area contributed by atoms with Gasteiger partial charge in [-0.3, -0.25) is 4.68 Å². The van der Waals surface area contributed by atoms with E-state index < -0.39 is 0 Å². The van der Waals surface area contributed by atoms with E-state index in [1.54, 1.807) is 15.7 Å². The second-order valence-electron chi connectivity index (χ2n) is 5.93. The summed E-state index contributed by atoms with van der Waals surface area (Å²) in [5.74, 6) is 0.773. The highest BCUT2D eigenvalue weighted by molar-refractivity contribution is 6.31. The Morgan fingerprint density at radius 3 is 2.55 bits per heavy atom. The Labute approximate surface area is 124 Å². The summed E-state index contributed by atoms with van der Waals surface area (Å²) in [5.41, 5.74) is 1.82. The van der Waals surface area contributed by atoms with Crippen LogP contribution >= 0.6 is 11.6 Å². The van der Waals surface area contributed by atoms with Crippen LogP contribution in [0.3, 0.4) is 0 Å². The lowest BCUT2D eigenvalue weighted by Crippen LogP contribution is -2.35. The highest BCUT2D eigenvalue weighted by atomic mass is 35.5. The zero-order valence-corrected chi connectivity index (χ0v) is 13.4. The molecule has 6 nitrogen and oxygen atoms in total. The molecule has 2 aromatic rings. The van der Waals surface area contributed by atoms with Crippen LogP contribution in [0.15, 0.2) is 6.33 Å². The van der Waals surface area contributed by atoms with Crippen LogP contribution in [0.4, 0.5) is 0 Å². The Morgan fingerprint density at radius 2 is 2.00 bits per heavy atom. The van der Waals surface area contributed by atoms with Gasteiger partial charge in [0.05, 0.1) is 29.5 Å². The fourth-order valence-electron chi connectivity index (χ4n) is 1.84. The standard InChI is InChI=1S/C13H21ClN6/c1-9-12(14)10(19(5)17-9)7-20-8-15-11(18-20)6-16-13(2,3)4/h8,16H,6-7H2,1-5H3. The maximum atomic E-state index is 6.23. The molecule has 0 aliphatic rings. The Balaban J connectivity index is 2.06. The molecule has 0 unspecified atom stereocenters. The maximum Gasteiger partial charge on any atom is 0.164 e. The highest BCUT2D eigenvalue weighted by Crippen LogP contribution is 2.19. The molecule has 0 spiro atoms. The van der Waals surface area contributed by atoms with E-state index in [1.807, 2.05) is 14.0 Å². The summed E-state index contributed by atoms with van der Waals surface area (Å²) in [6, 6.07) is 0. The van der Waals surface area contributed by atoms with Crippen molar-refractivity contribution in [3.05, 3.63) is 28.6 Å². The van der Waals surface area contributed by atoms with Gasteiger partial charge < -0.3 is 5.32 Å². The van der Waals surface area contributed by atoms with Gasteiger partial charge in [0.2, 0.25) is 0 Å². The van der Waals surface area contributed by atoms with Gasteiger partial charge in [-0.15, -0.1) is 0 Å². The van der Waals surface area contributed by atoms with E-state index in [9.17, 15) is 0 Å². The first-order chi connectivity index (χ1) is 9.26. The molecule has 1 N–H and O–H groups in total. The number of aromatic nitrogens is 5. The molecule has 7 heteroatoms. The first kappa shape index (κ1) is 15.0. The summed E-state index contributed by atoms with van der Waals surface area (Å²) >= 11 is 6.23. The normalized spacial score (nSPS) is 12.1. The molecule has 0 saturated carbocycles. The van der Waals surface area contributed by atoms with Gasteiger partial charge >= 0.3 is 0 Å². The van der Waals surface area contributed by atoms with E-state index >= 15 is 0 Å². The zero-order valence-electron chi connectivity index (χ0n) is 12.6. The monoisotopic (exact) mass is 296 g/mol. The van der Waals surface area contributed by atoms with Gasteiger partial charge in [0.1, 0.15) is 6.33 Å². The fourth-order valence-corrected chi connectivity index (χ4v) is 2.06. The molecule has 2 rings (SSSR count). The molecule has 0 bridgehead atoms. The molecule has 0 aromatic carbocycles. The van der Waals surface area contributed by atoms with Gasteiger partial charge in [-0.05, 0) is 27.7 Å². The molecular weight excluding hydrogens is 276 g/mol. The van der Waals surface area contributed by atoms with Gasteiger partial charge in [-0.2, -0.15) is 10.2 Å². The number of rotatable bonds is 4. The van der Waals surface area contributed by atoms with Crippen LogP contribution < -0.4 is 5.32 Å². The SMILES string of the molecule is Cc1nn(C)c(Cn2cnc(CNC(C)(C)C)n2)c1Cl. The molecule has 2 aromatic heterocycles. The van der Waals surface area contributed by atoms with Crippen LogP contribution in [0.1, 0.15) is 38.0 Å². The van der Waals surface area contributed by atoms with Crippen LogP contribution in [0.25, 0.3) is 0 Å². The van der Waals surface area contributed by atoms with Crippen molar-refractivity contribution in [3.8, 4) is 0 Å². The summed E-state index contributed by atoms with van der Waals surface area (Å²) in [6.45, 7) is 9.45. The van der Waals surface area contributed by atoms with Crippen molar-refractivity contribution >= 4 is 11.6 Å². The van der Waals surface area contributed by atoms with E-state index in [0.29, 0.717) is 18.1 Å². The third kappa shape index (κ3) is 3.58. The summed E-state index contributed by atoms with van der Waals surface area (Å²) in [5, 5.41) is 12.8. The average molecular weight is 297 g/mol. The lowest BCUT2D eigenvalue weighted by Gasteiger charge is -2.19. The van der Waals surface area contributed by atoms with Gasteiger partial charge in [-0.1, -0.05) is 11.6 Å². The quantitative estimate of drug-likeness (QED) is 0.936. The Bertz CT molecular complexity index is 593. The minimum atomic E-state index is 0.0495. The van der Waals surface area contributed by atoms with Crippen LogP contribution in [0, 0.1) is 6.92 Å². The number of nitrogens with one attached hydrogen (secondary N) is 1. The van der Waals surface area contributed by atoms with Gasteiger partial charge in [0, 0.05) is 12.6 Å². The summed E-state index contributed by atoms with van der Waals surface area (Å²) in [4.78, 5) is 4.30. The molecule has 20 heavy (non-hydrogen) atoms. The highest BCUT2D eigenvalue weighted by Gasteiger charge is 2.13. The van der Waals surface area contributed by atoms with E-state index in [4.69, 9.17) is 11.6 Å². The molecule has 0 fully saturated rings. The molecule has 0 atom stereocenters. The van der Waals surface area contributed by atoms with Crippen molar-refractivity contribution < 1.29 is 0 Å². The summed E-state index contributed by atoms with van der Waals surface area (Å²) < 4.78 is 3.56. The summed E-state index contributed by atoms with van der Waals surface area (Å²) in [7, 11) is 1.88. The molecular formula is C13H21ClN6. The van der Waals surface area contributed by atoms with Gasteiger partial charge in [0.15, 0.2) is 5.82 Å². The number of halogens is 1. The minimum absolute atomic E-state index is 0.0495. The molecule has 0 amide bonds. The van der Waals surface area contributed by atoms with Crippen molar-refractivity contribution in [3.63, 3.8) is 0 Å². The van der Waals surface area contributed by atoms with Gasteiger partial charge in [-0.25, -0.2) is 9.67 Å². The molecule has 0 aliphatic carbocycles. The first-order valence-electron chi connectivity index (χ1n) is 6.57. The Hall–Kier alpha value is -1.40. The lowest BCUT2D eigenvalue weighted by atomic mass is 10.1. The predicted molar refractivity (Wildman–Crippen MR) is 78.7 cm³/mol. The molecule has 0 saturated heterocycles. The molecule has 110 valence electrons. The van der Waals surface area contributed by atoms with E-state index in [1.165, 1.54) is 0 Å². The Morgan fingerprint density at radius 1 is 1.30 bits per heavy atom. The van der Waals surface area contributed by atoms with E-state index in [-0.39, 0.29) is 5.54 Å². The third-order valence-electron chi connectivity index (χ3n) is 2.93. The number of hydrogen-bond acceptors (Lipinski definition) is 4. The lowest BCUT2D eigenvalue weighted by molar-refractivity contribution is 0.416.